The van der Waals surface area contributed by atoms with Crippen LogP contribution in [0.2, 0.25) is 0 Å². The van der Waals surface area contributed by atoms with Crippen LogP contribution in [-0.4, -0.2) is 12.5 Å². The van der Waals surface area contributed by atoms with Gasteiger partial charge in [0.1, 0.15) is 0 Å². The van der Waals surface area contributed by atoms with E-state index in [1.807, 2.05) is 11.0 Å². The number of nitrogens with zero attached hydrogens (tertiary/aromatic N) is 1. The van der Waals surface area contributed by atoms with E-state index in [4.69, 9.17) is 0 Å². The van der Waals surface area contributed by atoms with E-state index in [0.717, 1.165) is 31.5 Å². The molecule has 1 aromatic carbocycles. The van der Waals surface area contributed by atoms with E-state index in [2.05, 4.69) is 25.1 Å². The van der Waals surface area contributed by atoms with Gasteiger partial charge in [0.15, 0.2) is 0 Å². The van der Waals surface area contributed by atoms with Gasteiger partial charge in [-0.05, 0) is 36.8 Å². The molecule has 1 fully saturated rings. The second kappa shape index (κ2) is 4.17. The number of hydrogen-bond donors (Lipinski definition) is 0. The Kier molecular flexibility index (Phi) is 2.65. The fourth-order valence-corrected chi connectivity index (χ4v) is 2.88. The van der Waals surface area contributed by atoms with Gasteiger partial charge < -0.3 is 4.90 Å². The van der Waals surface area contributed by atoms with Gasteiger partial charge in [-0.25, -0.2) is 0 Å². The van der Waals surface area contributed by atoms with Crippen LogP contribution in [0, 0.1) is 11.8 Å². The first-order valence-corrected chi connectivity index (χ1v) is 6.65. The number of hydrogen-bond acceptors (Lipinski definition) is 1. The maximum atomic E-state index is 12.4. The van der Waals surface area contributed by atoms with Crippen LogP contribution in [0.1, 0.15) is 31.7 Å². The minimum Gasteiger partial charge on any atom is -0.312 e. The molecule has 3 rings (SSSR count). The van der Waals surface area contributed by atoms with Gasteiger partial charge in [0.05, 0.1) is 0 Å². The quantitative estimate of drug-likeness (QED) is 0.725. The highest BCUT2D eigenvalue weighted by atomic mass is 16.2. The smallest absolute Gasteiger partial charge is 0.230 e. The highest BCUT2D eigenvalue weighted by molar-refractivity contribution is 5.96. The summed E-state index contributed by atoms with van der Waals surface area (Å²) in [6.07, 6.45) is 4.50. The lowest BCUT2D eigenvalue weighted by atomic mass is 9.83. The van der Waals surface area contributed by atoms with E-state index < -0.39 is 0 Å². The lowest BCUT2D eigenvalue weighted by Crippen LogP contribution is -2.44. The largest absolute Gasteiger partial charge is 0.312 e. The summed E-state index contributed by atoms with van der Waals surface area (Å²) in [6.45, 7) is 3.13. The van der Waals surface area contributed by atoms with Crippen molar-refractivity contribution in [2.75, 3.05) is 11.4 Å². The molecule has 0 bridgehead atoms. The first-order valence-electron chi connectivity index (χ1n) is 6.65. The minimum absolute atomic E-state index is 0.299. The van der Waals surface area contributed by atoms with Crippen molar-refractivity contribution < 1.29 is 4.79 Å². The van der Waals surface area contributed by atoms with E-state index in [9.17, 15) is 4.79 Å². The third-order valence-corrected chi connectivity index (χ3v) is 4.07. The molecule has 0 saturated heterocycles. The van der Waals surface area contributed by atoms with Crippen LogP contribution in [0.15, 0.2) is 24.3 Å². The number of carbonyl (C=O) groups is 1. The normalized spacial score (nSPS) is 24.1. The zero-order valence-corrected chi connectivity index (χ0v) is 10.4. The molecule has 2 aliphatic rings. The summed E-state index contributed by atoms with van der Waals surface area (Å²) in [7, 11) is 0. The lowest BCUT2D eigenvalue weighted by Gasteiger charge is -2.37. The molecule has 1 atom stereocenters. The van der Waals surface area contributed by atoms with Gasteiger partial charge in [-0.3, -0.25) is 4.79 Å². The van der Waals surface area contributed by atoms with Crippen molar-refractivity contribution in [2.24, 2.45) is 11.8 Å². The van der Waals surface area contributed by atoms with Crippen LogP contribution < -0.4 is 4.90 Å². The number of amides is 1. The van der Waals surface area contributed by atoms with E-state index in [1.165, 1.54) is 12.0 Å². The first-order chi connectivity index (χ1) is 8.25. The van der Waals surface area contributed by atoms with Gasteiger partial charge in [0.25, 0.3) is 0 Å². The zero-order valence-electron chi connectivity index (χ0n) is 10.4. The van der Waals surface area contributed by atoms with Crippen molar-refractivity contribution in [3.63, 3.8) is 0 Å². The van der Waals surface area contributed by atoms with E-state index >= 15 is 0 Å². The number of benzene rings is 1. The Bertz CT molecular complexity index is 436. The topological polar surface area (TPSA) is 20.3 Å². The van der Waals surface area contributed by atoms with E-state index in [0.29, 0.717) is 17.7 Å². The van der Waals surface area contributed by atoms with Gasteiger partial charge in [-0.1, -0.05) is 31.5 Å². The molecule has 1 heterocycles. The zero-order chi connectivity index (χ0) is 11.8. The number of carbonyl (C=O) groups excluding carboxylic acids is 1. The van der Waals surface area contributed by atoms with Crippen LogP contribution in [0.5, 0.6) is 0 Å². The molecular weight excluding hydrogens is 210 g/mol. The maximum absolute atomic E-state index is 12.4. The lowest BCUT2D eigenvalue weighted by molar-refractivity contribution is -0.124. The molecule has 1 unspecified atom stereocenters. The van der Waals surface area contributed by atoms with Gasteiger partial charge in [0, 0.05) is 18.2 Å². The summed E-state index contributed by atoms with van der Waals surface area (Å²) in [6, 6.07) is 8.36. The van der Waals surface area contributed by atoms with Crippen molar-refractivity contribution in [1.82, 2.24) is 0 Å². The number of fused-ring (bicyclic) bond motifs is 1. The molecule has 1 amide bonds. The Labute approximate surface area is 103 Å². The fourth-order valence-electron chi connectivity index (χ4n) is 2.88. The molecule has 0 aromatic heterocycles. The summed E-state index contributed by atoms with van der Waals surface area (Å²) in [5.41, 5.74) is 2.49. The molecule has 1 saturated carbocycles. The molecule has 17 heavy (non-hydrogen) atoms. The third kappa shape index (κ3) is 1.86. The molecule has 0 spiro atoms. The average Bonchev–Trinajstić information content (AvgIpc) is 2.25. The summed E-state index contributed by atoms with van der Waals surface area (Å²) in [4.78, 5) is 14.4. The van der Waals surface area contributed by atoms with Crippen LogP contribution in [0.4, 0.5) is 5.69 Å². The number of anilines is 1. The fraction of sp³-hybridized carbons (Fsp3) is 0.533. The predicted molar refractivity (Wildman–Crippen MR) is 69.0 cm³/mol. The van der Waals surface area contributed by atoms with Gasteiger partial charge >= 0.3 is 0 Å². The molecule has 1 aliphatic heterocycles. The van der Waals surface area contributed by atoms with Crippen molar-refractivity contribution in [2.45, 2.75) is 32.6 Å². The Morgan fingerprint density at radius 1 is 1.29 bits per heavy atom. The van der Waals surface area contributed by atoms with Crippen LogP contribution in [-0.2, 0) is 11.2 Å². The Morgan fingerprint density at radius 3 is 2.76 bits per heavy atom. The number of para-hydroxylation sites is 1. The highest BCUT2D eigenvalue weighted by Crippen LogP contribution is 2.34. The summed E-state index contributed by atoms with van der Waals surface area (Å²) in [5.74, 6) is 1.23. The molecule has 1 aromatic rings. The highest BCUT2D eigenvalue weighted by Gasteiger charge is 2.33. The molecular formula is C15H19NO. The standard InChI is InChI=1S/C15H19NO/c1-11-9-13-5-2-3-8-14(13)16(10-11)15(17)12-6-4-7-12/h2-3,5,8,11-12H,4,6-7,9-10H2,1H3. The first kappa shape index (κ1) is 10.8. The van der Waals surface area contributed by atoms with Crippen molar-refractivity contribution in [1.29, 1.82) is 0 Å². The predicted octanol–water partition coefficient (Wildman–Crippen LogP) is 3.01. The second-order valence-electron chi connectivity index (χ2n) is 5.51. The maximum Gasteiger partial charge on any atom is 0.230 e. The molecule has 0 N–H and O–H groups in total. The Morgan fingerprint density at radius 2 is 2.06 bits per heavy atom. The molecule has 0 radical (unpaired) electrons. The van der Waals surface area contributed by atoms with Gasteiger partial charge in [-0.15, -0.1) is 0 Å². The average molecular weight is 229 g/mol. The van der Waals surface area contributed by atoms with Crippen molar-refractivity contribution >= 4 is 11.6 Å². The van der Waals surface area contributed by atoms with Crippen molar-refractivity contribution in [3.8, 4) is 0 Å². The summed E-state index contributed by atoms with van der Waals surface area (Å²) in [5, 5.41) is 0. The van der Waals surface area contributed by atoms with Crippen LogP contribution >= 0.6 is 0 Å². The van der Waals surface area contributed by atoms with Crippen LogP contribution in [0.3, 0.4) is 0 Å². The third-order valence-electron chi connectivity index (χ3n) is 4.07. The molecule has 90 valence electrons. The summed E-state index contributed by atoms with van der Waals surface area (Å²) < 4.78 is 0. The summed E-state index contributed by atoms with van der Waals surface area (Å²) >= 11 is 0. The second-order valence-corrected chi connectivity index (χ2v) is 5.51. The van der Waals surface area contributed by atoms with Gasteiger partial charge in [-0.2, -0.15) is 0 Å². The van der Waals surface area contributed by atoms with E-state index in [1.54, 1.807) is 0 Å². The monoisotopic (exact) mass is 229 g/mol. The minimum atomic E-state index is 0.299. The molecule has 2 nitrogen and oxygen atoms in total. The molecule has 2 heteroatoms. The van der Waals surface area contributed by atoms with Crippen molar-refractivity contribution in [3.05, 3.63) is 29.8 Å². The molecule has 1 aliphatic carbocycles. The Hall–Kier alpha value is -1.31. The van der Waals surface area contributed by atoms with Gasteiger partial charge in [0.2, 0.25) is 5.91 Å². The SMILES string of the molecule is CC1Cc2ccccc2N(C(=O)C2CCC2)C1. The number of rotatable bonds is 1. The Balaban J connectivity index is 1.91. The van der Waals surface area contributed by atoms with E-state index in [-0.39, 0.29) is 0 Å². The van der Waals surface area contributed by atoms with Crippen LogP contribution in [0.25, 0.3) is 0 Å².